The molecule has 7 nitrogen and oxygen atoms in total. The predicted octanol–water partition coefficient (Wildman–Crippen LogP) is 2.25. The Hall–Kier alpha value is -2.42. The second kappa shape index (κ2) is 9.18. The van der Waals surface area contributed by atoms with E-state index < -0.39 is 16.0 Å². The first-order chi connectivity index (χ1) is 13.5. The molecule has 8 heteroatoms. The van der Waals surface area contributed by atoms with Crippen molar-refractivity contribution in [1.29, 1.82) is 0 Å². The smallest absolute Gasteiger partial charge is 0.338 e. The van der Waals surface area contributed by atoms with Gasteiger partial charge in [-0.1, -0.05) is 12.1 Å². The molecule has 2 aromatic carbocycles. The molecule has 2 aromatic rings. The zero-order valence-corrected chi connectivity index (χ0v) is 16.5. The van der Waals surface area contributed by atoms with Crippen molar-refractivity contribution in [2.45, 2.75) is 11.8 Å². The summed E-state index contributed by atoms with van der Waals surface area (Å²) in [5.41, 5.74) is 1.37. The van der Waals surface area contributed by atoms with Gasteiger partial charge >= 0.3 is 5.97 Å². The number of sulfonamides is 1. The summed E-state index contributed by atoms with van der Waals surface area (Å²) in [5.74, 6) is 0.192. The Morgan fingerprint density at radius 1 is 1.07 bits per heavy atom. The number of carbonyl (C=O) groups is 1. The highest BCUT2D eigenvalue weighted by Gasteiger charge is 2.26. The lowest BCUT2D eigenvalue weighted by atomic mass is 10.2. The Morgan fingerprint density at radius 3 is 2.46 bits per heavy atom. The highest BCUT2D eigenvalue weighted by molar-refractivity contribution is 7.89. The van der Waals surface area contributed by atoms with Crippen LogP contribution < -0.4 is 4.74 Å². The summed E-state index contributed by atoms with van der Waals surface area (Å²) >= 11 is 0. The van der Waals surface area contributed by atoms with E-state index in [1.54, 1.807) is 0 Å². The molecule has 1 saturated heterocycles. The van der Waals surface area contributed by atoms with Gasteiger partial charge in [-0.2, -0.15) is 4.31 Å². The van der Waals surface area contributed by atoms with Crippen molar-refractivity contribution in [3.63, 3.8) is 0 Å². The summed E-state index contributed by atoms with van der Waals surface area (Å²) in [6.45, 7) is 3.72. The fourth-order valence-electron chi connectivity index (χ4n) is 2.78. The molecule has 1 aliphatic heterocycles. The number of aryl methyl sites for hydroxylation is 1. The van der Waals surface area contributed by atoms with Crippen LogP contribution in [0.4, 0.5) is 0 Å². The third kappa shape index (κ3) is 5.09. The zero-order chi connectivity index (χ0) is 20.0. The molecule has 0 amide bonds. The van der Waals surface area contributed by atoms with Gasteiger partial charge in [-0.05, 0) is 48.9 Å². The highest BCUT2D eigenvalue weighted by Crippen LogP contribution is 2.18. The minimum atomic E-state index is -3.58. The van der Waals surface area contributed by atoms with Gasteiger partial charge in [-0.25, -0.2) is 13.2 Å². The van der Waals surface area contributed by atoms with Crippen LogP contribution >= 0.6 is 0 Å². The zero-order valence-electron chi connectivity index (χ0n) is 15.7. The van der Waals surface area contributed by atoms with Gasteiger partial charge in [0.25, 0.3) is 0 Å². The lowest BCUT2D eigenvalue weighted by Crippen LogP contribution is -2.40. The van der Waals surface area contributed by atoms with E-state index in [-0.39, 0.29) is 23.7 Å². The molecule has 0 saturated carbocycles. The summed E-state index contributed by atoms with van der Waals surface area (Å²) in [5, 5.41) is 0. The van der Waals surface area contributed by atoms with Crippen molar-refractivity contribution in [2.75, 3.05) is 39.5 Å². The lowest BCUT2D eigenvalue weighted by Gasteiger charge is -2.26. The Balaban J connectivity index is 1.52. The van der Waals surface area contributed by atoms with Crippen LogP contribution in [0, 0.1) is 6.92 Å². The quantitative estimate of drug-likeness (QED) is 0.519. The number of ether oxygens (including phenoxy) is 3. The van der Waals surface area contributed by atoms with Crippen LogP contribution in [-0.4, -0.2) is 58.2 Å². The minimum Gasteiger partial charge on any atom is -0.490 e. The third-order valence-electron chi connectivity index (χ3n) is 4.27. The normalized spacial score (nSPS) is 15.2. The number of hydrogen-bond donors (Lipinski definition) is 0. The van der Waals surface area contributed by atoms with Gasteiger partial charge in [0.2, 0.25) is 10.0 Å². The van der Waals surface area contributed by atoms with Gasteiger partial charge < -0.3 is 14.2 Å². The number of hydrogen-bond acceptors (Lipinski definition) is 6. The molecule has 0 aliphatic carbocycles. The topological polar surface area (TPSA) is 82.1 Å². The van der Waals surface area contributed by atoms with Crippen molar-refractivity contribution in [1.82, 2.24) is 4.31 Å². The molecular weight excluding hydrogens is 382 g/mol. The molecule has 28 heavy (non-hydrogen) atoms. The van der Waals surface area contributed by atoms with E-state index in [4.69, 9.17) is 14.2 Å². The molecule has 0 bridgehead atoms. The molecule has 3 rings (SSSR count). The fourth-order valence-corrected chi connectivity index (χ4v) is 4.19. The van der Waals surface area contributed by atoms with Crippen molar-refractivity contribution in [2.24, 2.45) is 0 Å². The van der Waals surface area contributed by atoms with E-state index in [2.05, 4.69) is 0 Å². The van der Waals surface area contributed by atoms with E-state index in [1.165, 1.54) is 28.6 Å². The SMILES string of the molecule is Cc1cccc(OCCOC(=O)c2ccc(S(=O)(=O)N3CCOCC3)cc2)c1. The number of esters is 1. The first kappa shape index (κ1) is 20.3. The maximum absolute atomic E-state index is 12.6. The predicted molar refractivity (Wildman–Crippen MR) is 103 cm³/mol. The lowest BCUT2D eigenvalue weighted by molar-refractivity contribution is 0.0450. The van der Waals surface area contributed by atoms with Crippen molar-refractivity contribution >= 4 is 16.0 Å². The van der Waals surface area contributed by atoms with Gasteiger partial charge in [-0.3, -0.25) is 0 Å². The minimum absolute atomic E-state index is 0.0978. The average Bonchev–Trinajstić information content (AvgIpc) is 2.72. The van der Waals surface area contributed by atoms with Crippen LogP contribution in [0.15, 0.2) is 53.4 Å². The van der Waals surface area contributed by atoms with Crippen LogP contribution in [0.1, 0.15) is 15.9 Å². The van der Waals surface area contributed by atoms with Crippen molar-refractivity contribution < 1.29 is 27.4 Å². The van der Waals surface area contributed by atoms with E-state index in [0.717, 1.165) is 5.56 Å². The Bertz CT molecular complexity index is 905. The maximum Gasteiger partial charge on any atom is 0.338 e. The Labute approximate surface area is 164 Å². The number of carbonyl (C=O) groups excluding carboxylic acids is 1. The second-order valence-electron chi connectivity index (χ2n) is 6.34. The second-order valence-corrected chi connectivity index (χ2v) is 8.28. The highest BCUT2D eigenvalue weighted by atomic mass is 32.2. The standard InChI is InChI=1S/C20H23NO6S/c1-16-3-2-4-18(15-16)26-13-14-27-20(22)17-5-7-19(8-6-17)28(23,24)21-9-11-25-12-10-21/h2-8,15H,9-14H2,1H3. The monoisotopic (exact) mass is 405 g/mol. The first-order valence-corrected chi connectivity index (χ1v) is 10.5. The molecule has 0 aromatic heterocycles. The summed E-state index contributed by atoms with van der Waals surface area (Å²) in [6.07, 6.45) is 0. The van der Waals surface area contributed by atoms with Crippen molar-refractivity contribution in [3.05, 3.63) is 59.7 Å². The van der Waals surface area contributed by atoms with Gasteiger partial charge in [0, 0.05) is 13.1 Å². The first-order valence-electron chi connectivity index (χ1n) is 9.01. The van der Waals surface area contributed by atoms with E-state index in [9.17, 15) is 13.2 Å². The molecule has 1 aliphatic rings. The molecule has 0 N–H and O–H groups in total. The fraction of sp³-hybridized carbons (Fsp3) is 0.350. The molecule has 0 atom stereocenters. The molecular formula is C20H23NO6S. The molecule has 1 fully saturated rings. The van der Waals surface area contributed by atoms with Crippen LogP contribution in [0.25, 0.3) is 0 Å². The summed E-state index contributed by atoms with van der Waals surface area (Å²) in [4.78, 5) is 12.3. The maximum atomic E-state index is 12.6. The number of nitrogens with zero attached hydrogens (tertiary/aromatic N) is 1. The van der Waals surface area contributed by atoms with Crippen LogP contribution in [0.3, 0.4) is 0 Å². The van der Waals surface area contributed by atoms with E-state index in [1.807, 2.05) is 31.2 Å². The van der Waals surface area contributed by atoms with Gasteiger partial charge in [-0.15, -0.1) is 0 Å². The number of benzene rings is 2. The van der Waals surface area contributed by atoms with Crippen molar-refractivity contribution in [3.8, 4) is 5.75 Å². The molecule has 0 spiro atoms. The van der Waals surface area contributed by atoms with Gasteiger partial charge in [0.05, 0.1) is 23.7 Å². The molecule has 0 unspecified atom stereocenters. The van der Waals surface area contributed by atoms with Gasteiger partial charge in [0.15, 0.2) is 0 Å². The average molecular weight is 405 g/mol. The van der Waals surface area contributed by atoms with Gasteiger partial charge in [0.1, 0.15) is 19.0 Å². The molecule has 150 valence electrons. The van der Waals surface area contributed by atoms with Crippen LogP contribution in [0.2, 0.25) is 0 Å². The molecule has 1 heterocycles. The van der Waals surface area contributed by atoms with E-state index in [0.29, 0.717) is 32.1 Å². The largest absolute Gasteiger partial charge is 0.490 e. The van der Waals surface area contributed by atoms with Crippen LogP contribution in [-0.2, 0) is 19.5 Å². The van der Waals surface area contributed by atoms with Crippen LogP contribution in [0.5, 0.6) is 5.75 Å². The third-order valence-corrected chi connectivity index (χ3v) is 6.19. The summed E-state index contributed by atoms with van der Waals surface area (Å²) in [6, 6.07) is 13.3. The summed E-state index contributed by atoms with van der Waals surface area (Å²) < 4.78 is 42.4. The number of rotatable bonds is 7. The Morgan fingerprint density at radius 2 is 1.79 bits per heavy atom. The Kier molecular flexibility index (Phi) is 6.66. The molecule has 0 radical (unpaired) electrons. The van der Waals surface area contributed by atoms with E-state index >= 15 is 0 Å². The number of morpholine rings is 1. The summed E-state index contributed by atoms with van der Waals surface area (Å²) in [7, 11) is -3.58.